The van der Waals surface area contributed by atoms with Gasteiger partial charge in [-0.3, -0.25) is 14.7 Å². The highest BCUT2D eigenvalue weighted by molar-refractivity contribution is 7.16. The van der Waals surface area contributed by atoms with Crippen LogP contribution in [0.4, 0.5) is 15.8 Å². The topological polar surface area (TPSA) is 109 Å². The van der Waals surface area contributed by atoms with Gasteiger partial charge in [0.15, 0.2) is 11.6 Å². The van der Waals surface area contributed by atoms with Crippen molar-refractivity contribution in [3.8, 4) is 17.1 Å². The minimum atomic E-state index is -0.492. The standard InChI is InChI=1S/C23H20FN5O3S/c1-13-9-15(32-2)4-6-18(13)28-23(31)21-8-7-20(33-21)19(30)11-25-14-3-5-16(17(24)10-14)22-26-12-27-29-22/h3-10,12,25H,11H2,1-2H3,(H,28,31)(H,26,27,29). The van der Waals surface area contributed by atoms with E-state index in [-0.39, 0.29) is 23.8 Å². The number of ketones is 1. The number of ether oxygens (including phenoxy) is 1. The maximum atomic E-state index is 14.3. The summed E-state index contributed by atoms with van der Waals surface area (Å²) >= 11 is 1.10. The number of rotatable bonds is 8. The number of methoxy groups -OCH3 is 1. The number of anilines is 2. The molecular weight excluding hydrogens is 445 g/mol. The molecule has 0 radical (unpaired) electrons. The Morgan fingerprint density at radius 3 is 2.64 bits per heavy atom. The molecule has 4 aromatic rings. The lowest BCUT2D eigenvalue weighted by Crippen LogP contribution is -2.13. The van der Waals surface area contributed by atoms with Gasteiger partial charge in [-0.2, -0.15) is 5.10 Å². The Hall–Kier alpha value is -4.05. The lowest BCUT2D eigenvalue weighted by Gasteiger charge is -2.09. The number of halogens is 1. The Balaban J connectivity index is 1.37. The molecule has 0 bridgehead atoms. The van der Waals surface area contributed by atoms with Crippen molar-refractivity contribution in [2.75, 3.05) is 24.3 Å². The fourth-order valence-electron chi connectivity index (χ4n) is 3.12. The van der Waals surface area contributed by atoms with Crippen molar-refractivity contribution in [2.45, 2.75) is 6.92 Å². The largest absolute Gasteiger partial charge is 0.497 e. The van der Waals surface area contributed by atoms with Crippen LogP contribution in [0.2, 0.25) is 0 Å². The Morgan fingerprint density at radius 1 is 1.12 bits per heavy atom. The van der Waals surface area contributed by atoms with Crippen molar-refractivity contribution in [1.29, 1.82) is 0 Å². The molecule has 0 unspecified atom stereocenters. The Bertz CT molecular complexity index is 1300. The van der Waals surface area contributed by atoms with E-state index in [1.54, 1.807) is 43.5 Å². The second-order valence-electron chi connectivity index (χ2n) is 7.10. The second-order valence-corrected chi connectivity index (χ2v) is 8.19. The predicted octanol–water partition coefficient (Wildman–Crippen LogP) is 4.54. The number of hydrogen-bond donors (Lipinski definition) is 3. The highest BCUT2D eigenvalue weighted by atomic mass is 32.1. The van der Waals surface area contributed by atoms with E-state index in [2.05, 4.69) is 25.8 Å². The first-order valence-corrected chi connectivity index (χ1v) is 10.7. The number of benzene rings is 2. The first kappa shape index (κ1) is 22.2. The molecule has 168 valence electrons. The first-order valence-electron chi connectivity index (χ1n) is 9.93. The molecule has 0 aliphatic carbocycles. The molecular formula is C23H20FN5O3S. The summed E-state index contributed by atoms with van der Waals surface area (Å²) in [6.07, 6.45) is 1.30. The van der Waals surface area contributed by atoms with Crippen LogP contribution in [-0.2, 0) is 0 Å². The summed E-state index contributed by atoms with van der Waals surface area (Å²) in [5.41, 5.74) is 2.26. The molecule has 2 aromatic carbocycles. The molecule has 0 fully saturated rings. The molecule has 8 nitrogen and oxygen atoms in total. The summed E-state index contributed by atoms with van der Waals surface area (Å²) in [6, 6.07) is 13.1. The Kier molecular flexibility index (Phi) is 6.45. The summed E-state index contributed by atoms with van der Waals surface area (Å²) in [5.74, 6) is 0.0247. The molecule has 4 rings (SSSR count). The van der Waals surface area contributed by atoms with Gasteiger partial charge in [0.05, 0.1) is 29.0 Å². The number of thiophene rings is 1. The van der Waals surface area contributed by atoms with E-state index in [0.29, 0.717) is 32.7 Å². The van der Waals surface area contributed by atoms with Gasteiger partial charge in [-0.25, -0.2) is 9.37 Å². The third-order valence-corrected chi connectivity index (χ3v) is 6.00. The van der Waals surface area contributed by atoms with E-state index >= 15 is 0 Å². The van der Waals surface area contributed by atoms with Crippen molar-refractivity contribution in [3.05, 3.63) is 76.0 Å². The van der Waals surface area contributed by atoms with Crippen LogP contribution in [0, 0.1) is 12.7 Å². The van der Waals surface area contributed by atoms with Crippen LogP contribution in [0.5, 0.6) is 5.75 Å². The zero-order chi connectivity index (χ0) is 23.4. The third-order valence-electron chi connectivity index (χ3n) is 4.88. The molecule has 10 heteroatoms. The van der Waals surface area contributed by atoms with E-state index in [4.69, 9.17) is 4.74 Å². The molecule has 3 N–H and O–H groups in total. The number of amides is 1. The average molecular weight is 466 g/mol. The summed E-state index contributed by atoms with van der Waals surface area (Å²) in [6.45, 7) is 1.83. The molecule has 0 aliphatic heterocycles. The minimum absolute atomic E-state index is 0.0414. The summed E-state index contributed by atoms with van der Waals surface area (Å²) in [7, 11) is 1.58. The van der Waals surface area contributed by atoms with E-state index in [1.165, 1.54) is 12.4 Å². The molecule has 2 heterocycles. The maximum absolute atomic E-state index is 14.3. The molecule has 0 atom stereocenters. The van der Waals surface area contributed by atoms with Crippen LogP contribution >= 0.6 is 11.3 Å². The minimum Gasteiger partial charge on any atom is -0.497 e. The first-order chi connectivity index (χ1) is 15.9. The van der Waals surface area contributed by atoms with E-state index in [9.17, 15) is 14.0 Å². The van der Waals surface area contributed by atoms with Crippen LogP contribution in [0.3, 0.4) is 0 Å². The number of aryl methyl sites for hydroxylation is 1. The molecule has 0 saturated heterocycles. The Labute approximate surface area is 192 Å². The number of aromatic nitrogens is 3. The van der Waals surface area contributed by atoms with Crippen LogP contribution in [0.1, 0.15) is 24.9 Å². The van der Waals surface area contributed by atoms with Crippen molar-refractivity contribution in [3.63, 3.8) is 0 Å². The van der Waals surface area contributed by atoms with Crippen LogP contribution < -0.4 is 15.4 Å². The van der Waals surface area contributed by atoms with Crippen molar-refractivity contribution in [1.82, 2.24) is 15.2 Å². The second kappa shape index (κ2) is 9.61. The third kappa shape index (κ3) is 5.07. The molecule has 0 spiro atoms. The van der Waals surface area contributed by atoms with E-state index < -0.39 is 5.82 Å². The number of nitrogens with one attached hydrogen (secondary N) is 3. The van der Waals surface area contributed by atoms with E-state index in [0.717, 1.165) is 16.9 Å². The number of carbonyl (C=O) groups is 2. The summed E-state index contributed by atoms with van der Waals surface area (Å²) in [4.78, 5) is 29.9. The highest BCUT2D eigenvalue weighted by Crippen LogP contribution is 2.25. The van der Waals surface area contributed by atoms with Gasteiger partial charge in [-0.05, 0) is 61.0 Å². The van der Waals surface area contributed by atoms with Crippen molar-refractivity contribution >= 4 is 34.4 Å². The number of nitrogens with zero attached hydrogens (tertiary/aromatic N) is 2. The van der Waals surface area contributed by atoms with Gasteiger partial charge < -0.3 is 15.4 Å². The SMILES string of the molecule is COc1ccc(NC(=O)c2ccc(C(=O)CNc3ccc(-c4ncn[nH]4)c(F)c3)s2)c(C)c1. The molecule has 33 heavy (non-hydrogen) atoms. The van der Waals surface area contributed by atoms with Gasteiger partial charge in [0.1, 0.15) is 17.9 Å². The number of carbonyl (C=O) groups excluding carboxylic acids is 2. The fraction of sp³-hybridized carbons (Fsp3) is 0.130. The quantitative estimate of drug-likeness (QED) is 0.330. The highest BCUT2D eigenvalue weighted by Gasteiger charge is 2.15. The average Bonchev–Trinajstić information content (AvgIpc) is 3.51. The molecule has 0 saturated carbocycles. The number of Topliss-reactive ketones (excluding diaryl/α,β-unsaturated/α-hetero) is 1. The van der Waals surface area contributed by atoms with Gasteiger partial charge in [0.25, 0.3) is 5.91 Å². The fourth-order valence-corrected chi connectivity index (χ4v) is 3.96. The zero-order valence-corrected chi connectivity index (χ0v) is 18.6. The van der Waals surface area contributed by atoms with Crippen LogP contribution in [0.15, 0.2) is 54.9 Å². The smallest absolute Gasteiger partial charge is 0.265 e. The Morgan fingerprint density at radius 2 is 1.94 bits per heavy atom. The van der Waals surface area contributed by atoms with Gasteiger partial charge in [-0.1, -0.05) is 0 Å². The predicted molar refractivity (Wildman–Crippen MR) is 125 cm³/mol. The molecule has 0 aliphatic rings. The molecule has 2 aromatic heterocycles. The zero-order valence-electron chi connectivity index (χ0n) is 17.8. The van der Waals surface area contributed by atoms with Crippen molar-refractivity contribution < 1.29 is 18.7 Å². The number of hydrogen-bond acceptors (Lipinski definition) is 7. The van der Waals surface area contributed by atoms with Crippen LogP contribution in [0.25, 0.3) is 11.4 Å². The molecule has 1 amide bonds. The maximum Gasteiger partial charge on any atom is 0.265 e. The lowest BCUT2D eigenvalue weighted by atomic mass is 10.2. The lowest BCUT2D eigenvalue weighted by molar-refractivity contribution is 0.101. The van der Waals surface area contributed by atoms with Gasteiger partial charge in [0.2, 0.25) is 0 Å². The summed E-state index contributed by atoms with van der Waals surface area (Å²) in [5, 5.41) is 12.1. The van der Waals surface area contributed by atoms with Gasteiger partial charge in [-0.15, -0.1) is 11.3 Å². The number of aromatic amines is 1. The summed E-state index contributed by atoms with van der Waals surface area (Å²) < 4.78 is 19.5. The monoisotopic (exact) mass is 465 g/mol. The van der Waals surface area contributed by atoms with Crippen LogP contribution in [-0.4, -0.2) is 40.5 Å². The normalized spacial score (nSPS) is 10.6. The van der Waals surface area contributed by atoms with Crippen molar-refractivity contribution in [2.24, 2.45) is 0 Å². The van der Waals surface area contributed by atoms with Gasteiger partial charge in [0, 0.05) is 11.4 Å². The number of H-pyrrole nitrogens is 1. The van der Waals surface area contributed by atoms with E-state index in [1.807, 2.05) is 13.0 Å². The van der Waals surface area contributed by atoms with Gasteiger partial charge >= 0.3 is 0 Å².